The van der Waals surface area contributed by atoms with Crippen molar-refractivity contribution in [1.82, 2.24) is 0 Å². The lowest BCUT2D eigenvalue weighted by molar-refractivity contribution is -0.121. The lowest BCUT2D eigenvalue weighted by atomic mass is 10.2. The standard InChI is InChI=1S/C12H15NO5/c1-3-17-9-5-4-8(6-10(9)16-2)12(15)18-7-11(13)14/h4-6H,3,7H2,1-2H3,(H2,13,14). The third kappa shape index (κ3) is 3.65. The van der Waals surface area contributed by atoms with E-state index in [1.54, 1.807) is 6.07 Å². The topological polar surface area (TPSA) is 87.9 Å². The highest BCUT2D eigenvalue weighted by molar-refractivity contribution is 5.91. The SMILES string of the molecule is CCOc1ccc(C(=O)OCC(N)=O)cc1OC. The number of carbonyl (C=O) groups excluding carboxylic acids is 2. The molecule has 0 aliphatic carbocycles. The van der Waals surface area contributed by atoms with Crippen LogP contribution < -0.4 is 15.2 Å². The molecule has 2 N–H and O–H groups in total. The number of carbonyl (C=O) groups is 2. The summed E-state index contributed by atoms with van der Waals surface area (Å²) < 4.78 is 15.1. The van der Waals surface area contributed by atoms with Crippen LogP contribution in [0.5, 0.6) is 11.5 Å². The molecule has 6 nitrogen and oxygen atoms in total. The molecule has 0 heterocycles. The Labute approximate surface area is 105 Å². The second kappa shape index (κ2) is 6.48. The highest BCUT2D eigenvalue weighted by atomic mass is 16.5. The van der Waals surface area contributed by atoms with Gasteiger partial charge in [0.1, 0.15) is 0 Å². The maximum Gasteiger partial charge on any atom is 0.338 e. The van der Waals surface area contributed by atoms with Gasteiger partial charge < -0.3 is 19.9 Å². The molecule has 0 unspecified atom stereocenters. The summed E-state index contributed by atoms with van der Waals surface area (Å²) in [5.74, 6) is -0.395. The van der Waals surface area contributed by atoms with Crippen molar-refractivity contribution in [2.24, 2.45) is 5.73 Å². The fourth-order valence-corrected chi connectivity index (χ4v) is 1.29. The Hall–Kier alpha value is -2.24. The monoisotopic (exact) mass is 253 g/mol. The molecule has 0 atom stereocenters. The second-order valence-corrected chi connectivity index (χ2v) is 3.34. The van der Waals surface area contributed by atoms with Crippen molar-refractivity contribution in [2.75, 3.05) is 20.3 Å². The van der Waals surface area contributed by atoms with Gasteiger partial charge in [0.2, 0.25) is 0 Å². The predicted molar refractivity (Wildman–Crippen MR) is 63.6 cm³/mol. The molecule has 1 amide bonds. The Morgan fingerprint density at radius 1 is 1.28 bits per heavy atom. The van der Waals surface area contributed by atoms with Crippen molar-refractivity contribution >= 4 is 11.9 Å². The van der Waals surface area contributed by atoms with Gasteiger partial charge in [-0.2, -0.15) is 0 Å². The van der Waals surface area contributed by atoms with E-state index in [9.17, 15) is 9.59 Å². The summed E-state index contributed by atoms with van der Waals surface area (Å²) in [5, 5.41) is 0. The van der Waals surface area contributed by atoms with Crippen LogP contribution in [-0.4, -0.2) is 32.2 Å². The number of rotatable bonds is 6. The summed E-state index contributed by atoms with van der Waals surface area (Å²) in [4.78, 5) is 22.1. The number of hydrogen-bond acceptors (Lipinski definition) is 5. The third-order valence-electron chi connectivity index (χ3n) is 2.04. The zero-order chi connectivity index (χ0) is 13.5. The molecule has 0 aromatic heterocycles. The lowest BCUT2D eigenvalue weighted by Crippen LogP contribution is -2.20. The average Bonchev–Trinajstić information content (AvgIpc) is 2.36. The number of esters is 1. The zero-order valence-corrected chi connectivity index (χ0v) is 10.3. The molecule has 1 aromatic carbocycles. The molecule has 0 fully saturated rings. The first-order valence-corrected chi connectivity index (χ1v) is 5.34. The number of benzene rings is 1. The minimum Gasteiger partial charge on any atom is -0.493 e. The van der Waals surface area contributed by atoms with E-state index in [-0.39, 0.29) is 5.56 Å². The van der Waals surface area contributed by atoms with E-state index in [1.807, 2.05) is 6.92 Å². The largest absolute Gasteiger partial charge is 0.493 e. The summed E-state index contributed by atoms with van der Waals surface area (Å²) in [6.45, 7) is 1.88. The van der Waals surface area contributed by atoms with Gasteiger partial charge >= 0.3 is 5.97 Å². The Bertz CT molecular complexity index is 444. The average molecular weight is 253 g/mol. The summed E-state index contributed by atoms with van der Waals surface area (Å²) in [6, 6.07) is 4.61. The molecule has 0 bridgehead atoms. The third-order valence-corrected chi connectivity index (χ3v) is 2.04. The number of nitrogens with two attached hydrogens (primary N) is 1. The van der Waals surface area contributed by atoms with Gasteiger partial charge in [-0.25, -0.2) is 4.79 Å². The summed E-state index contributed by atoms with van der Waals surface area (Å²) in [5.41, 5.74) is 5.14. The van der Waals surface area contributed by atoms with Crippen LogP contribution in [0.1, 0.15) is 17.3 Å². The van der Waals surface area contributed by atoms with Gasteiger partial charge in [-0.1, -0.05) is 0 Å². The Morgan fingerprint density at radius 3 is 2.56 bits per heavy atom. The predicted octanol–water partition coefficient (Wildman–Crippen LogP) is 0.736. The molecule has 0 aliphatic heterocycles. The highest BCUT2D eigenvalue weighted by Gasteiger charge is 2.12. The van der Waals surface area contributed by atoms with Crippen LogP contribution in [0.3, 0.4) is 0 Å². The maximum atomic E-state index is 11.6. The number of primary amides is 1. The first kappa shape index (κ1) is 13.8. The number of amides is 1. The van der Waals surface area contributed by atoms with Gasteiger partial charge in [-0.15, -0.1) is 0 Å². The summed E-state index contributed by atoms with van der Waals surface area (Å²) in [6.07, 6.45) is 0. The van der Waals surface area contributed by atoms with Gasteiger partial charge in [0.05, 0.1) is 19.3 Å². The Balaban J connectivity index is 2.84. The summed E-state index contributed by atoms with van der Waals surface area (Å²) >= 11 is 0. The fraction of sp³-hybridized carbons (Fsp3) is 0.333. The van der Waals surface area contributed by atoms with Crippen LogP contribution in [0.2, 0.25) is 0 Å². The van der Waals surface area contributed by atoms with E-state index in [0.717, 1.165) is 0 Å². The van der Waals surface area contributed by atoms with Crippen LogP contribution in [0.15, 0.2) is 18.2 Å². The molecule has 0 saturated heterocycles. The van der Waals surface area contributed by atoms with E-state index >= 15 is 0 Å². The van der Waals surface area contributed by atoms with Crippen LogP contribution in [0.25, 0.3) is 0 Å². The van der Waals surface area contributed by atoms with E-state index in [1.165, 1.54) is 19.2 Å². The van der Waals surface area contributed by atoms with E-state index in [4.69, 9.17) is 15.2 Å². The molecular weight excluding hydrogens is 238 g/mol. The normalized spacial score (nSPS) is 9.67. The molecule has 0 radical (unpaired) electrons. The first-order valence-electron chi connectivity index (χ1n) is 5.34. The van der Waals surface area contributed by atoms with Crippen molar-refractivity contribution < 1.29 is 23.8 Å². The van der Waals surface area contributed by atoms with E-state index in [0.29, 0.717) is 18.1 Å². The zero-order valence-electron chi connectivity index (χ0n) is 10.3. The van der Waals surface area contributed by atoms with Gasteiger partial charge in [0.15, 0.2) is 18.1 Å². The molecule has 1 rings (SSSR count). The Morgan fingerprint density at radius 2 is 2.00 bits per heavy atom. The molecule has 0 saturated carbocycles. The van der Waals surface area contributed by atoms with Crippen molar-refractivity contribution in [2.45, 2.75) is 6.92 Å². The van der Waals surface area contributed by atoms with Crippen LogP contribution in [-0.2, 0) is 9.53 Å². The highest BCUT2D eigenvalue weighted by Crippen LogP contribution is 2.28. The van der Waals surface area contributed by atoms with E-state index < -0.39 is 18.5 Å². The minimum absolute atomic E-state index is 0.261. The quantitative estimate of drug-likeness (QED) is 0.755. The maximum absolute atomic E-state index is 11.6. The molecule has 0 aliphatic rings. The van der Waals surface area contributed by atoms with Gasteiger partial charge in [-0.3, -0.25) is 4.79 Å². The molecular formula is C12H15NO5. The van der Waals surface area contributed by atoms with Crippen LogP contribution in [0, 0.1) is 0 Å². The second-order valence-electron chi connectivity index (χ2n) is 3.34. The molecule has 6 heteroatoms. The smallest absolute Gasteiger partial charge is 0.338 e. The van der Waals surface area contributed by atoms with Crippen LogP contribution >= 0.6 is 0 Å². The van der Waals surface area contributed by atoms with Gasteiger partial charge in [0.25, 0.3) is 5.91 Å². The molecule has 98 valence electrons. The lowest BCUT2D eigenvalue weighted by Gasteiger charge is -2.10. The number of methoxy groups -OCH3 is 1. The van der Waals surface area contributed by atoms with Gasteiger partial charge in [0, 0.05) is 0 Å². The molecule has 1 aromatic rings. The molecule has 18 heavy (non-hydrogen) atoms. The Kier molecular flexibility index (Phi) is 4.98. The van der Waals surface area contributed by atoms with Crippen molar-refractivity contribution in [3.05, 3.63) is 23.8 Å². The first-order chi connectivity index (χ1) is 8.58. The fourth-order valence-electron chi connectivity index (χ4n) is 1.29. The van der Waals surface area contributed by atoms with Gasteiger partial charge in [-0.05, 0) is 25.1 Å². The van der Waals surface area contributed by atoms with Crippen molar-refractivity contribution in [1.29, 1.82) is 0 Å². The van der Waals surface area contributed by atoms with Crippen molar-refractivity contribution in [3.8, 4) is 11.5 Å². The van der Waals surface area contributed by atoms with Crippen molar-refractivity contribution in [3.63, 3.8) is 0 Å². The molecule has 0 spiro atoms. The number of ether oxygens (including phenoxy) is 3. The minimum atomic E-state index is -0.707. The number of hydrogen-bond donors (Lipinski definition) is 1. The van der Waals surface area contributed by atoms with Crippen LogP contribution in [0.4, 0.5) is 0 Å². The summed E-state index contributed by atoms with van der Waals surface area (Å²) in [7, 11) is 1.47. The van der Waals surface area contributed by atoms with E-state index in [2.05, 4.69) is 4.74 Å².